The SMILES string of the molecule is N#C[C@H](C(=O)c1ccco1)c1ccccn1. The normalized spacial score (nSPS) is 11.7. The highest BCUT2D eigenvalue weighted by Gasteiger charge is 2.24. The summed E-state index contributed by atoms with van der Waals surface area (Å²) in [6, 6.07) is 10.2. The molecule has 0 radical (unpaired) electrons. The van der Waals surface area contributed by atoms with Crippen molar-refractivity contribution in [3.63, 3.8) is 0 Å². The number of furan rings is 1. The zero-order chi connectivity index (χ0) is 11.4. The van der Waals surface area contributed by atoms with Gasteiger partial charge >= 0.3 is 0 Å². The van der Waals surface area contributed by atoms with E-state index >= 15 is 0 Å². The maximum Gasteiger partial charge on any atom is 0.221 e. The van der Waals surface area contributed by atoms with Crippen molar-refractivity contribution in [3.05, 3.63) is 54.2 Å². The van der Waals surface area contributed by atoms with E-state index in [9.17, 15) is 4.79 Å². The Bertz CT molecular complexity index is 512. The lowest BCUT2D eigenvalue weighted by atomic mass is 9.99. The van der Waals surface area contributed by atoms with Gasteiger partial charge in [0.05, 0.1) is 18.0 Å². The molecule has 0 unspecified atom stereocenters. The zero-order valence-corrected chi connectivity index (χ0v) is 8.33. The Hall–Kier alpha value is -2.41. The largest absolute Gasteiger partial charge is 0.461 e. The first-order valence-corrected chi connectivity index (χ1v) is 4.71. The molecular formula is C12H8N2O2. The third-order valence-corrected chi connectivity index (χ3v) is 2.14. The molecule has 0 amide bonds. The number of pyridine rings is 1. The predicted octanol–water partition coefficient (Wildman–Crippen LogP) is 2.16. The molecule has 0 fully saturated rings. The van der Waals surface area contributed by atoms with E-state index < -0.39 is 5.92 Å². The van der Waals surface area contributed by atoms with Gasteiger partial charge in [0.15, 0.2) is 11.7 Å². The molecule has 1 atom stereocenters. The van der Waals surface area contributed by atoms with Crippen LogP contribution in [-0.2, 0) is 0 Å². The second-order valence-electron chi connectivity index (χ2n) is 3.16. The van der Waals surface area contributed by atoms with Crippen LogP contribution in [0.5, 0.6) is 0 Å². The summed E-state index contributed by atoms with van der Waals surface area (Å²) in [4.78, 5) is 15.9. The van der Waals surface area contributed by atoms with Crippen molar-refractivity contribution in [1.29, 1.82) is 5.26 Å². The fourth-order valence-electron chi connectivity index (χ4n) is 1.37. The van der Waals surface area contributed by atoms with Crippen LogP contribution >= 0.6 is 0 Å². The summed E-state index contributed by atoms with van der Waals surface area (Å²) in [5.74, 6) is -1.10. The standard InChI is InChI=1S/C12H8N2O2/c13-8-9(10-4-1-2-6-14-10)12(15)11-5-3-7-16-11/h1-7,9H/t9-/m0/s1. The number of carbonyl (C=O) groups is 1. The van der Waals surface area contributed by atoms with Gasteiger partial charge in [0.25, 0.3) is 0 Å². The first-order chi connectivity index (χ1) is 7.83. The molecule has 0 saturated heterocycles. The molecule has 0 aliphatic rings. The van der Waals surface area contributed by atoms with Crippen LogP contribution in [0.1, 0.15) is 22.2 Å². The average Bonchev–Trinajstić information content (AvgIpc) is 2.85. The fraction of sp³-hybridized carbons (Fsp3) is 0.0833. The van der Waals surface area contributed by atoms with Crippen LogP contribution in [0.2, 0.25) is 0 Å². The highest BCUT2D eigenvalue weighted by Crippen LogP contribution is 2.18. The Morgan fingerprint density at radius 3 is 2.81 bits per heavy atom. The Kier molecular flexibility index (Phi) is 2.79. The summed E-state index contributed by atoms with van der Waals surface area (Å²) in [6.07, 6.45) is 2.95. The number of hydrogen-bond acceptors (Lipinski definition) is 4. The monoisotopic (exact) mass is 212 g/mol. The van der Waals surface area contributed by atoms with Crippen LogP contribution in [0.15, 0.2) is 47.2 Å². The number of carbonyl (C=O) groups excluding carboxylic acids is 1. The summed E-state index contributed by atoms with van der Waals surface area (Å²) < 4.78 is 4.97. The quantitative estimate of drug-likeness (QED) is 0.731. The molecule has 0 spiro atoms. The molecule has 0 saturated carbocycles. The van der Waals surface area contributed by atoms with E-state index in [1.165, 1.54) is 12.3 Å². The second kappa shape index (κ2) is 4.41. The Morgan fingerprint density at radius 1 is 1.38 bits per heavy atom. The Balaban J connectivity index is 2.32. The Labute approximate surface area is 92.2 Å². The number of aromatic nitrogens is 1. The smallest absolute Gasteiger partial charge is 0.221 e. The van der Waals surface area contributed by atoms with Crippen LogP contribution in [0.25, 0.3) is 0 Å². The molecule has 2 rings (SSSR count). The van der Waals surface area contributed by atoms with Gasteiger partial charge in [0.2, 0.25) is 5.78 Å². The fourth-order valence-corrected chi connectivity index (χ4v) is 1.37. The summed E-state index contributed by atoms with van der Waals surface area (Å²) >= 11 is 0. The first-order valence-electron chi connectivity index (χ1n) is 4.71. The molecule has 4 nitrogen and oxygen atoms in total. The van der Waals surface area contributed by atoms with E-state index in [1.807, 2.05) is 6.07 Å². The number of Topliss-reactive ketones (excluding diaryl/α,β-unsaturated/α-hetero) is 1. The van der Waals surface area contributed by atoms with E-state index in [0.29, 0.717) is 5.69 Å². The summed E-state index contributed by atoms with van der Waals surface area (Å²) in [7, 11) is 0. The van der Waals surface area contributed by atoms with Gasteiger partial charge in [-0.3, -0.25) is 9.78 Å². The van der Waals surface area contributed by atoms with Gasteiger partial charge < -0.3 is 4.42 Å². The van der Waals surface area contributed by atoms with Crippen molar-refractivity contribution < 1.29 is 9.21 Å². The van der Waals surface area contributed by atoms with Gasteiger partial charge in [-0.25, -0.2) is 0 Å². The molecule has 2 heterocycles. The minimum absolute atomic E-state index is 0.178. The van der Waals surface area contributed by atoms with Crippen LogP contribution in [0.3, 0.4) is 0 Å². The van der Waals surface area contributed by atoms with Crippen molar-refractivity contribution in [2.24, 2.45) is 0 Å². The van der Waals surface area contributed by atoms with Crippen molar-refractivity contribution in [3.8, 4) is 6.07 Å². The zero-order valence-electron chi connectivity index (χ0n) is 8.33. The van der Waals surface area contributed by atoms with E-state index in [1.54, 1.807) is 30.5 Å². The molecule has 78 valence electrons. The number of nitriles is 1. The van der Waals surface area contributed by atoms with Crippen LogP contribution in [-0.4, -0.2) is 10.8 Å². The molecule has 2 aromatic heterocycles. The van der Waals surface area contributed by atoms with E-state index in [4.69, 9.17) is 9.68 Å². The van der Waals surface area contributed by atoms with Gasteiger partial charge in [-0.15, -0.1) is 0 Å². The van der Waals surface area contributed by atoms with E-state index in [0.717, 1.165) is 0 Å². The summed E-state index contributed by atoms with van der Waals surface area (Å²) in [5, 5.41) is 9.00. The van der Waals surface area contributed by atoms with Crippen molar-refractivity contribution in [2.75, 3.05) is 0 Å². The molecule has 0 aromatic carbocycles. The number of hydrogen-bond donors (Lipinski definition) is 0. The lowest BCUT2D eigenvalue weighted by Crippen LogP contribution is -2.11. The molecule has 0 aliphatic heterocycles. The lowest BCUT2D eigenvalue weighted by Gasteiger charge is -2.04. The van der Waals surface area contributed by atoms with Crippen LogP contribution in [0, 0.1) is 11.3 Å². The minimum atomic E-state index is -0.910. The Morgan fingerprint density at radius 2 is 2.25 bits per heavy atom. The average molecular weight is 212 g/mol. The molecule has 0 bridgehead atoms. The maximum atomic E-state index is 11.9. The predicted molar refractivity (Wildman–Crippen MR) is 55.6 cm³/mol. The van der Waals surface area contributed by atoms with Gasteiger partial charge in [-0.2, -0.15) is 5.26 Å². The maximum absolute atomic E-state index is 11.9. The van der Waals surface area contributed by atoms with Crippen molar-refractivity contribution >= 4 is 5.78 Å². The summed E-state index contributed by atoms with van der Waals surface area (Å²) in [5.41, 5.74) is 0.436. The topological polar surface area (TPSA) is 66.9 Å². The molecule has 0 aliphatic carbocycles. The van der Waals surface area contributed by atoms with E-state index in [-0.39, 0.29) is 11.5 Å². The molecule has 16 heavy (non-hydrogen) atoms. The minimum Gasteiger partial charge on any atom is -0.461 e. The molecule has 4 heteroatoms. The first kappa shape index (κ1) is 10.1. The van der Waals surface area contributed by atoms with E-state index in [2.05, 4.69) is 4.98 Å². The van der Waals surface area contributed by atoms with Crippen LogP contribution in [0.4, 0.5) is 0 Å². The number of nitrogens with zero attached hydrogens (tertiary/aromatic N) is 2. The van der Waals surface area contributed by atoms with Crippen LogP contribution < -0.4 is 0 Å². The lowest BCUT2D eigenvalue weighted by molar-refractivity contribution is 0.0950. The van der Waals surface area contributed by atoms with Gasteiger partial charge in [-0.05, 0) is 24.3 Å². The molecule has 2 aromatic rings. The van der Waals surface area contributed by atoms with Gasteiger partial charge in [-0.1, -0.05) is 6.07 Å². The van der Waals surface area contributed by atoms with Gasteiger partial charge in [0, 0.05) is 6.20 Å². The number of ketones is 1. The number of rotatable bonds is 3. The highest BCUT2D eigenvalue weighted by molar-refractivity contribution is 6.00. The van der Waals surface area contributed by atoms with Crippen molar-refractivity contribution in [1.82, 2.24) is 4.98 Å². The van der Waals surface area contributed by atoms with Gasteiger partial charge in [0.1, 0.15) is 0 Å². The third-order valence-electron chi connectivity index (χ3n) is 2.14. The molecule has 0 N–H and O–H groups in total. The summed E-state index contributed by atoms with van der Waals surface area (Å²) in [6.45, 7) is 0. The third kappa shape index (κ3) is 1.84. The second-order valence-corrected chi connectivity index (χ2v) is 3.16. The van der Waals surface area contributed by atoms with Crippen molar-refractivity contribution in [2.45, 2.75) is 5.92 Å². The highest BCUT2D eigenvalue weighted by atomic mass is 16.3. The molecular weight excluding hydrogens is 204 g/mol.